The summed E-state index contributed by atoms with van der Waals surface area (Å²) in [4.78, 5) is 10.4. The summed E-state index contributed by atoms with van der Waals surface area (Å²) in [5.74, 6) is 0.745. The number of para-hydroxylation sites is 1. The highest BCUT2D eigenvalue weighted by Crippen LogP contribution is 2.51. The number of aromatic nitrogens is 4. The van der Waals surface area contributed by atoms with Gasteiger partial charge in [-0.3, -0.25) is 9.97 Å². The van der Waals surface area contributed by atoms with Crippen molar-refractivity contribution < 1.29 is 0 Å². The molecule has 2 aliphatic rings. The van der Waals surface area contributed by atoms with Crippen LogP contribution in [0.15, 0.2) is 96.3 Å². The van der Waals surface area contributed by atoms with E-state index in [1.165, 1.54) is 104 Å². The highest BCUT2D eigenvalue weighted by atomic mass is 15.0. The van der Waals surface area contributed by atoms with E-state index in [0.29, 0.717) is 11.8 Å². The van der Waals surface area contributed by atoms with Crippen molar-refractivity contribution in [1.29, 1.82) is 0 Å². The average molecular weight is 633 g/mol. The first kappa shape index (κ1) is 27.5. The van der Waals surface area contributed by atoms with Gasteiger partial charge in [0.15, 0.2) is 0 Å². The summed E-state index contributed by atoms with van der Waals surface area (Å²) in [6, 6.07) is 27.1. The molecular formula is C45H36N4. The fraction of sp³-hybridized carbons (Fsp3) is 0.200. The van der Waals surface area contributed by atoms with E-state index in [2.05, 4.69) is 134 Å². The van der Waals surface area contributed by atoms with Crippen molar-refractivity contribution >= 4 is 82.8 Å². The molecule has 5 aromatic heterocycles. The molecule has 0 bridgehead atoms. The molecule has 49 heavy (non-hydrogen) atoms. The average Bonchev–Trinajstić information content (AvgIpc) is 3.73. The maximum absolute atomic E-state index is 5.29. The standard InChI is InChI=1S/C45H36N4/c1-5-29-26(4)20-34-39(29)41-33-21-31-30-15-9-11-27-12-10-16-35(38(27)30)48(28-13-7-6-8-14-28)44(31)42-40-32-19-24(2)17-18-25(3)43(32)47-23-37(40)49(45(33)42)36(41)22-46-34/h6-16,19-23,25,29H,5,17-18H2,1-4H3. The van der Waals surface area contributed by atoms with Crippen molar-refractivity contribution in [3.05, 3.63) is 119 Å². The maximum atomic E-state index is 5.29. The molecular weight excluding hydrogens is 597 g/mol. The van der Waals surface area contributed by atoms with Crippen LogP contribution in [0.25, 0.3) is 88.5 Å². The second kappa shape index (κ2) is 9.57. The molecule has 5 heterocycles. The Morgan fingerprint density at radius 2 is 1.53 bits per heavy atom. The second-order valence-electron chi connectivity index (χ2n) is 14.6. The van der Waals surface area contributed by atoms with Gasteiger partial charge in [0.1, 0.15) is 0 Å². The largest absolute Gasteiger partial charge is 0.309 e. The van der Waals surface area contributed by atoms with Crippen molar-refractivity contribution in [2.24, 2.45) is 0 Å². The topological polar surface area (TPSA) is 35.1 Å². The van der Waals surface area contributed by atoms with E-state index < -0.39 is 0 Å². The smallest absolute Gasteiger partial charge is 0.0732 e. The monoisotopic (exact) mass is 632 g/mol. The summed E-state index contributed by atoms with van der Waals surface area (Å²) in [5.41, 5.74) is 15.1. The first-order valence-corrected chi connectivity index (χ1v) is 17.8. The van der Waals surface area contributed by atoms with Gasteiger partial charge < -0.3 is 8.97 Å². The predicted octanol–water partition coefficient (Wildman–Crippen LogP) is 12.1. The molecule has 0 saturated heterocycles. The first-order chi connectivity index (χ1) is 24.0. The van der Waals surface area contributed by atoms with Crippen LogP contribution >= 0.6 is 0 Å². The van der Waals surface area contributed by atoms with Crippen molar-refractivity contribution in [2.45, 2.75) is 58.8 Å². The predicted molar refractivity (Wildman–Crippen MR) is 207 cm³/mol. The molecule has 0 radical (unpaired) electrons. The van der Waals surface area contributed by atoms with Crippen molar-refractivity contribution in [2.75, 3.05) is 0 Å². The highest BCUT2D eigenvalue weighted by Gasteiger charge is 2.32. The Kier molecular flexibility index (Phi) is 5.36. The second-order valence-corrected chi connectivity index (χ2v) is 14.6. The molecule has 4 heteroatoms. The van der Waals surface area contributed by atoms with Crippen LogP contribution in [0.4, 0.5) is 0 Å². The van der Waals surface area contributed by atoms with Gasteiger partial charge in [-0.05, 0) is 85.7 Å². The van der Waals surface area contributed by atoms with Crippen LogP contribution in [0.3, 0.4) is 0 Å². The quantitative estimate of drug-likeness (QED) is 0.140. The molecule has 0 spiro atoms. The lowest BCUT2D eigenvalue weighted by Crippen LogP contribution is -2.03. The van der Waals surface area contributed by atoms with E-state index in [-0.39, 0.29) is 0 Å². The van der Waals surface area contributed by atoms with Gasteiger partial charge in [-0.2, -0.15) is 0 Å². The normalized spacial score (nSPS) is 18.0. The number of pyridine rings is 3. The van der Waals surface area contributed by atoms with Gasteiger partial charge in [-0.1, -0.05) is 79.6 Å². The number of fused-ring (bicyclic) bond motifs is 13. The van der Waals surface area contributed by atoms with Crippen molar-refractivity contribution in [3.63, 3.8) is 0 Å². The minimum atomic E-state index is 0.366. The Balaban J connectivity index is 1.51. The van der Waals surface area contributed by atoms with E-state index in [9.17, 15) is 0 Å². The SMILES string of the molecule is CCC1C(C)=Cc2ncc3c(c21)c1cc2c4cccc5cccc(c54)n(-c4ccccc4)c2c2c4c5c(ncc4n3c12)C(C)CCC(C)=C5. The Labute approximate surface area is 284 Å². The summed E-state index contributed by atoms with van der Waals surface area (Å²) < 4.78 is 5.06. The zero-order valence-electron chi connectivity index (χ0n) is 28.3. The molecule has 0 amide bonds. The van der Waals surface area contributed by atoms with Crippen molar-refractivity contribution in [1.82, 2.24) is 18.9 Å². The van der Waals surface area contributed by atoms with Crippen LogP contribution in [0.5, 0.6) is 0 Å². The number of benzene rings is 4. The molecule has 4 aromatic carbocycles. The van der Waals surface area contributed by atoms with Crippen LogP contribution in [0.1, 0.15) is 81.3 Å². The first-order valence-electron chi connectivity index (χ1n) is 17.8. The Morgan fingerprint density at radius 1 is 0.735 bits per heavy atom. The maximum Gasteiger partial charge on any atom is 0.0732 e. The molecule has 0 saturated carbocycles. The van der Waals surface area contributed by atoms with Gasteiger partial charge in [-0.15, -0.1) is 0 Å². The summed E-state index contributed by atoms with van der Waals surface area (Å²) in [7, 11) is 0. The van der Waals surface area contributed by atoms with Gasteiger partial charge in [0.2, 0.25) is 0 Å². The minimum Gasteiger partial charge on any atom is -0.309 e. The van der Waals surface area contributed by atoms with Gasteiger partial charge in [0.25, 0.3) is 0 Å². The Morgan fingerprint density at radius 3 is 2.37 bits per heavy atom. The minimum absolute atomic E-state index is 0.366. The molecule has 2 atom stereocenters. The highest BCUT2D eigenvalue weighted by molar-refractivity contribution is 6.36. The van der Waals surface area contributed by atoms with Crippen LogP contribution < -0.4 is 0 Å². The van der Waals surface area contributed by atoms with E-state index in [0.717, 1.165) is 25.0 Å². The van der Waals surface area contributed by atoms with Gasteiger partial charge in [-0.25, -0.2) is 0 Å². The summed E-state index contributed by atoms with van der Waals surface area (Å²) in [6.45, 7) is 9.24. The van der Waals surface area contributed by atoms with Gasteiger partial charge >= 0.3 is 0 Å². The number of hydrogen-bond donors (Lipinski definition) is 0. The third-order valence-electron chi connectivity index (χ3n) is 11.9. The Bertz CT molecular complexity index is 2950. The Hall–Kier alpha value is -5.48. The number of hydrogen-bond acceptors (Lipinski definition) is 2. The molecule has 2 aliphatic carbocycles. The van der Waals surface area contributed by atoms with Crippen LogP contribution in [0, 0.1) is 0 Å². The zero-order chi connectivity index (χ0) is 32.7. The fourth-order valence-corrected chi connectivity index (χ4v) is 9.75. The summed E-state index contributed by atoms with van der Waals surface area (Å²) in [5, 5.41) is 10.5. The van der Waals surface area contributed by atoms with Crippen LogP contribution in [0.2, 0.25) is 0 Å². The van der Waals surface area contributed by atoms with E-state index in [1.807, 2.05) is 0 Å². The van der Waals surface area contributed by atoms with Crippen molar-refractivity contribution in [3.8, 4) is 5.69 Å². The zero-order valence-corrected chi connectivity index (χ0v) is 28.3. The molecule has 9 aromatic rings. The lowest BCUT2D eigenvalue weighted by molar-refractivity contribution is 0.665. The molecule has 4 nitrogen and oxygen atoms in total. The molecule has 0 fully saturated rings. The summed E-state index contributed by atoms with van der Waals surface area (Å²) >= 11 is 0. The van der Waals surface area contributed by atoms with Crippen LogP contribution in [-0.2, 0) is 0 Å². The number of nitrogens with zero attached hydrogens (tertiary/aromatic N) is 4. The van der Waals surface area contributed by atoms with Crippen LogP contribution in [-0.4, -0.2) is 18.9 Å². The third-order valence-corrected chi connectivity index (χ3v) is 11.9. The number of rotatable bonds is 2. The van der Waals surface area contributed by atoms with Gasteiger partial charge in [0.05, 0.1) is 51.4 Å². The molecule has 236 valence electrons. The van der Waals surface area contributed by atoms with E-state index in [1.54, 1.807) is 0 Å². The molecule has 0 N–H and O–H groups in total. The summed E-state index contributed by atoms with van der Waals surface area (Å²) in [6.07, 6.45) is 12.3. The fourth-order valence-electron chi connectivity index (χ4n) is 9.75. The van der Waals surface area contributed by atoms with E-state index >= 15 is 0 Å². The lowest BCUT2D eigenvalue weighted by Gasteiger charge is -2.21. The van der Waals surface area contributed by atoms with E-state index in [4.69, 9.17) is 9.97 Å². The third kappa shape index (κ3) is 3.39. The molecule has 0 aliphatic heterocycles. The molecule has 11 rings (SSSR count). The lowest BCUT2D eigenvalue weighted by atomic mass is 9.90. The van der Waals surface area contributed by atoms with Gasteiger partial charge in [0, 0.05) is 49.5 Å². The number of allylic oxidation sites excluding steroid dienone is 2. The molecule has 2 unspecified atom stereocenters.